The summed E-state index contributed by atoms with van der Waals surface area (Å²) < 4.78 is 9.67. The van der Waals surface area contributed by atoms with E-state index in [0.29, 0.717) is 6.61 Å². The van der Waals surface area contributed by atoms with E-state index in [-0.39, 0.29) is 6.61 Å². The van der Waals surface area contributed by atoms with Crippen molar-refractivity contribution in [2.24, 2.45) is 0 Å². The number of ether oxygens (including phenoxy) is 2. The number of benzene rings is 1. The third kappa shape index (κ3) is 4.31. The van der Waals surface area contributed by atoms with E-state index in [4.69, 9.17) is 9.47 Å². The van der Waals surface area contributed by atoms with Gasteiger partial charge in [0.1, 0.15) is 6.61 Å². The lowest BCUT2D eigenvalue weighted by Gasteiger charge is -2.08. The van der Waals surface area contributed by atoms with Gasteiger partial charge in [-0.15, -0.1) is 0 Å². The number of amides is 1. The Labute approximate surface area is 95.6 Å². The van der Waals surface area contributed by atoms with Gasteiger partial charge in [-0.2, -0.15) is 0 Å². The van der Waals surface area contributed by atoms with Crippen molar-refractivity contribution < 1.29 is 14.3 Å². The number of carbonyl (C=O) groups is 1. The Kier molecular flexibility index (Phi) is 4.79. The van der Waals surface area contributed by atoms with Crippen LogP contribution >= 0.6 is 0 Å². The Bertz CT molecular complexity index is 343. The quantitative estimate of drug-likeness (QED) is 0.798. The lowest BCUT2D eigenvalue weighted by atomic mass is 10.1. The molecule has 0 spiro atoms. The molecule has 0 aliphatic heterocycles. The summed E-state index contributed by atoms with van der Waals surface area (Å²) in [6, 6.07) is 5.83. The second kappa shape index (κ2) is 6.12. The highest BCUT2D eigenvalue weighted by atomic mass is 16.6. The van der Waals surface area contributed by atoms with Gasteiger partial charge in [-0.05, 0) is 37.1 Å². The maximum Gasteiger partial charge on any atom is 0.411 e. The van der Waals surface area contributed by atoms with Crippen LogP contribution in [0.25, 0.3) is 0 Å². The average Bonchev–Trinajstić information content (AvgIpc) is 2.16. The van der Waals surface area contributed by atoms with Gasteiger partial charge in [-0.25, -0.2) is 4.79 Å². The number of anilines is 1. The maximum absolute atomic E-state index is 11.3. The molecule has 1 aromatic rings. The van der Waals surface area contributed by atoms with Gasteiger partial charge in [-0.3, -0.25) is 5.32 Å². The van der Waals surface area contributed by atoms with E-state index >= 15 is 0 Å². The first-order valence-electron chi connectivity index (χ1n) is 5.13. The first-order valence-corrected chi connectivity index (χ1v) is 5.13. The Morgan fingerprint density at radius 1 is 1.19 bits per heavy atom. The normalized spacial score (nSPS) is 9.94. The lowest BCUT2D eigenvalue weighted by molar-refractivity contribution is 0.107. The number of methoxy groups -OCH3 is 1. The zero-order valence-corrected chi connectivity index (χ0v) is 9.87. The van der Waals surface area contributed by atoms with Gasteiger partial charge < -0.3 is 9.47 Å². The summed E-state index contributed by atoms with van der Waals surface area (Å²) in [6.07, 6.45) is -0.456. The standard InChI is InChI=1S/C12H17NO3/c1-9-6-10(2)8-11(7-9)13-12(14)16-5-4-15-3/h6-8H,4-5H2,1-3H3,(H,13,14). The first-order chi connectivity index (χ1) is 7.61. The number of rotatable bonds is 4. The number of carbonyl (C=O) groups excluding carboxylic acids is 1. The van der Waals surface area contributed by atoms with Crippen molar-refractivity contribution in [2.45, 2.75) is 13.8 Å². The molecule has 0 aromatic heterocycles. The molecule has 88 valence electrons. The van der Waals surface area contributed by atoms with Crippen LogP contribution in [0.4, 0.5) is 10.5 Å². The molecule has 0 saturated carbocycles. The summed E-state index contributed by atoms with van der Waals surface area (Å²) >= 11 is 0. The summed E-state index contributed by atoms with van der Waals surface area (Å²) in [5, 5.41) is 2.67. The lowest BCUT2D eigenvalue weighted by Crippen LogP contribution is -2.16. The van der Waals surface area contributed by atoms with Gasteiger partial charge in [0.05, 0.1) is 6.61 Å². The molecule has 0 heterocycles. The van der Waals surface area contributed by atoms with Crippen LogP contribution in [0.1, 0.15) is 11.1 Å². The van der Waals surface area contributed by atoms with Crippen LogP contribution in [0.2, 0.25) is 0 Å². The highest BCUT2D eigenvalue weighted by molar-refractivity contribution is 5.84. The molecular formula is C12H17NO3. The summed E-state index contributed by atoms with van der Waals surface area (Å²) in [7, 11) is 1.56. The minimum atomic E-state index is -0.456. The van der Waals surface area contributed by atoms with Gasteiger partial charge >= 0.3 is 6.09 Å². The number of hydrogen-bond acceptors (Lipinski definition) is 3. The van der Waals surface area contributed by atoms with Crippen molar-refractivity contribution in [1.29, 1.82) is 0 Å². The average molecular weight is 223 g/mol. The summed E-state index contributed by atoms with van der Waals surface area (Å²) in [5.41, 5.74) is 2.96. The minimum Gasteiger partial charge on any atom is -0.447 e. The van der Waals surface area contributed by atoms with E-state index in [1.54, 1.807) is 7.11 Å². The highest BCUT2D eigenvalue weighted by Crippen LogP contribution is 2.13. The van der Waals surface area contributed by atoms with Crippen LogP contribution in [0, 0.1) is 13.8 Å². The SMILES string of the molecule is COCCOC(=O)Nc1cc(C)cc(C)c1. The van der Waals surface area contributed by atoms with E-state index in [1.165, 1.54) is 0 Å². The Balaban J connectivity index is 2.49. The zero-order chi connectivity index (χ0) is 12.0. The Hall–Kier alpha value is -1.55. The molecule has 1 rings (SSSR count). The predicted molar refractivity (Wildman–Crippen MR) is 62.8 cm³/mol. The number of nitrogens with one attached hydrogen (secondary N) is 1. The molecule has 4 nitrogen and oxygen atoms in total. The third-order valence-electron chi connectivity index (χ3n) is 1.99. The summed E-state index contributed by atoms with van der Waals surface area (Å²) in [6.45, 7) is 4.62. The van der Waals surface area contributed by atoms with Crippen molar-refractivity contribution in [1.82, 2.24) is 0 Å². The predicted octanol–water partition coefficient (Wildman–Crippen LogP) is 2.50. The fourth-order valence-corrected chi connectivity index (χ4v) is 1.42. The molecule has 0 saturated heterocycles. The van der Waals surface area contributed by atoms with E-state index in [9.17, 15) is 4.79 Å². The van der Waals surface area contributed by atoms with Crippen molar-refractivity contribution in [2.75, 3.05) is 25.6 Å². The Morgan fingerprint density at radius 2 is 1.81 bits per heavy atom. The fraction of sp³-hybridized carbons (Fsp3) is 0.417. The molecule has 0 unspecified atom stereocenters. The van der Waals surface area contributed by atoms with Crippen molar-refractivity contribution in [3.05, 3.63) is 29.3 Å². The van der Waals surface area contributed by atoms with Gasteiger partial charge in [0, 0.05) is 12.8 Å². The largest absolute Gasteiger partial charge is 0.447 e. The molecule has 4 heteroatoms. The van der Waals surface area contributed by atoms with E-state index in [1.807, 2.05) is 32.0 Å². The van der Waals surface area contributed by atoms with Gasteiger partial charge in [0.15, 0.2) is 0 Å². The van der Waals surface area contributed by atoms with Crippen LogP contribution in [0.5, 0.6) is 0 Å². The fourth-order valence-electron chi connectivity index (χ4n) is 1.42. The second-order valence-electron chi connectivity index (χ2n) is 3.63. The molecule has 0 aliphatic rings. The van der Waals surface area contributed by atoms with Crippen LogP contribution < -0.4 is 5.32 Å². The topological polar surface area (TPSA) is 47.6 Å². The first kappa shape index (κ1) is 12.5. The monoisotopic (exact) mass is 223 g/mol. The summed E-state index contributed by atoms with van der Waals surface area (Å²) in [5.74, 6) is 0. The molecule has 1 N–H and O–H groups in total. The minimum absolute atomic E-state index is 0.257. The second-order valence-corrected chi connectivity index (χ2v) is 3.63. The van der Waals surface area contributed by atoms with Crippen LogP contribution in [0.3, 0.4) is 0 Å². The molecule has 16 heavy (non-hydrogen) atoms. The molecule has 1 aromatic carbocycles. The van der Waals surface area contributed by atoms with Gasteiger partial charge in [0.2, 0.25) is 0 Å². The van der Waals surface area contributed by atoms with Crippen molar-refractivity contribution >= 4 is 11.8 Å². The Morgan fingerprint density at radius 3 is 2.38 bits per heavy atom. The third-order valence-corrected chi connectivity index (χ3v) is 1.99. The molecule has 0 aliphatic carbocycles. The molecule has 0 bridgehead atoms. The van der Waals surface area contributed by atoms with Crippen molar-refractivity contribution in [3.8, 4) is 0 Å². The van der Waals surface area contributed by atoms with Gasteiger partial charge in [-0.1, -0.05) is 6.07 Å². The molecule has 0 atom stereocenters. The number of hydrogen-bond donors (Lipinski definition) is 1. The molecule has 1 amide bonds. The van der Waals surface area contributed by atoms with Crippen LogP contribution in [-0.4, -0.2) is 26.4 Å². The maximum atomic E-state index is 11.3. The van der Waals surface area contributed by atoms with E-state index in [0.717, 1.165) is 16.8 Å². The van der Waals surface area contributed by atoms with E-state index in [2.05, 4.69) is 5.32 Å². The van der Waals surface area contributed by atoms with Crippen LogP contribution in [0.15, 0.2) is 18.2 Å². The molecular weight excluding hydrogens is 206 g/mol. The smallest absolute Gasteiger partial charge is 0.411 e. The molecule has 0 radical (unpaired) electrons. The number of aryl methyl sites for hydroxylation is 2. The van der Waals surface area contributed by atoms with Gasteiger partial charge in [0.25, 0.3) is 0 Å². The highest BCUT2D eigenvalue weighted by Gasteiger charge is 2.03. The zero-order valence-electron chi connectivity index (χ0n) is 9.87. The van der Waals surface area contributed by atoms with E-state index < -0.39 is 6.09 Å². The molecule has 0 fully saturated rings. The summed E-state index contributed by atoms with van der Waals surface area (Å²) in [4.78, 5) is 11.3. The van der Waals surface area contributed by atoms with Crippen LogP contribution in [-0.2, 0) is 9.47 Å². The van der Waals surface area contributed by atoms with Crippen molar-refractivity contribution in [3.63, 3.8) is 0 Å².